The first-order chi connectivity index (χ1) is 24.3. The molecular weight excluding hydrogens is 646 g/mol. The summed E-state index contributed by atoms with van der Waals surface area (Å²) in [6, 6.07) is 25.3. The number of benzene rings is 4. The molecule has 0 aliphatic carbocycles. The van der Waals surface area contributed by atoms with Crippen LogP contribution in [0.3, 0.4) is 0 Å². The average Bonchev–Trinajstić information content (AvgIpc) is 3.11. The minimum absolute atomic E-state index is 0.155. The second kappa shape index (κ2) is 16.4. The third-order valence-electron chi connectivity index (χ3n) is 10.5. The molecular formula is C46H56O2P2. The van der Waals surface area contributed by atoms with Gasteiger partial charge in [0.25, 0.3) is 0 Å². The van der Waals surface area contributed by atoms with E-state index in [-0.39, 0.29) is 5.41 Å². The molecule has 262 valence electrons. The van der Waals surface area contributed by atoms with Gasteiger partial charge in [0.05, 0.1) is 0 Å². The molecule has 0 radical (unpaired) electrons. The van der Waals surface area contributed by atoms with Crippen molar-refractivity contribution >= 4 is 37.1 Å². The van der Waals surface area contributed by atoms with Gasteiger partial charge in [-0.2, -0.15) is 0 Å². The molecule has 4 aromatic rings. The SMILES string of the molecule is C/C=C/CP(C/C=C/C)c1cc(C)cc2c1Oc1c(P3c4cc(C)ccc4Oc4ccc(C)cc43)cccc1C2(C)CCCCCCCCC. The van der Waals surface area contributed by atoms with Crippen molar-refractivity contribution in [3.63, 3.8) is 0 Å². The highest BCUT2D eigenvalue weighted by Crippen LogP contribution is 2.56. The van der Waals surface area contributed by atoms with E-state index in [1.54, 1.807) is 0 Å². The van der Waals surface area contributed by atoms with Crippen molar-refractivity contribution in [3.05, 3.63) is 119 Å². The molecule has 4 aromatic carbocycles. The Labute approximate surface area is 304 Å². The smallest absolute Gasteiger partial charge is 0.139 e. The Balaban J connectivity index is 1.53. The molecule has 0 N–H and O–H groups in total. The Kier molecular flexibility index (Phi) is 12.0. The molecule has 2 heterocycles. The van der Waals surface area contributed by atoms with E-state index in [4.69, 9.17) is 9.47 Å². The zero-order valence-electron chi connectivity index (χ0n) is 31.4. The number of rotatable bonds is 14. The summed E-state index contributed by atoms with van der Waals surface area (Å²) in [6.07, 6.45) is 21.5. The van der Waals surface area contributed by atoms with Crippen LogP contribution in [0.4, 0.5) is 0 Å². The monoisotopic (exact) mass is 702 g/mol. The topological polar surface area (TPSA) is 18.5 Å². The molecule has 1 atom stereocenters. The van der Waals surface area contributed by atoms with Gasteiger partial charge in [-0.15, -0.1) is 0 Å². The fraction of sp³-hybridized carbons (Fsp3) is 0.391. The van der Waals surface area contributed by atoms with Crippen LogP contribution in [0.2, 0.25) is 0 Å². The van der Waals surface area contributed by atoms with Gasteiger partial charge in [-0.3, -0.25) is 0 Å². The summed E-state index contributed by atoms with van der Waals surface area (Å²) in [5.74, 6) is 4.14. The van der Waals surface area contributed by atoms with Gasteiger partial charge >= 0.3 is 0 Å². The lowest BCUT2D eigenvalue weighted by atomic mass is 9.70. The van der Waals surface area contributed by atoms with Crippen molar-refractivity contribution in [2.45, 2.75) is 105 Å². The number of aryl methyl sites for hydroxylation is 3. The predicted molar refractivity (Wildman–Crippen MR) is 221 cm³/mol. The Morgan fingerprint density at radius 1 is 0.640 bits per heavy atom. The molecule has 50 heavy (non-hydrogen) atoms. The number of hydrogen-bond acceptors (Lipinski definition) is 2. The maximum absolute atomic E-state index is 7.49. The lowest BCUT2D eigenvalue weighted by Crippen LogP contribution is -2.35. The summed E-state index contributed by atoms with van der Waals surface area (Å²) >= 11 is 0. The van der Waals surface area contributed by atoms with Crippen LogP contribution >= 0.6 is 15.8 Å². The van der Waals surface area contributed by atoms with Crippen molar-refractivity contribution in [1.82, 2.24) is 0 Å². The van der Waals surface area contributed by atoms with Crippen molar-refractivity contribution < 1.29 is 9.47 Å². The largest absolute Gasteiger partial charge is 0.456 e. The zero-order valence-corrected chi connectivity index (χ0v) is 33.2. The van der Waals surface area contributed by atoms with E-state index in [9.17, 15) is 0 Å². The molecule has 6 rings (SSSR count). The second-order valence-electron chi connectivity index (χ2n) is 14.5. The molecule has 2 aliphatic rings. The van der Waals surface area contributed by atoms with Crippen molar-refractivity contribution in [2.75, 3.05) is 12.3 Å². The molecule has 4 heteroatoms. The Hall–Kier alpha value is -3.18. The number of unbranched alkanes of at least 4 members (excludes halogenated alkanes) is 6. The first-order valence-electron chi connectivity index (χ1n) is 18.9. The summed E-state index contributed by atoms with van der Waals surface area (Å²) in [6.45, 7) is 15.8. The summed E-state index contributed by atoms with van der Waals surface area (Å²) in [7, 11) is -1.40. The van der Waals surface area contributed by atoms with E-state index in [0.29, 0.717) is 0 Å². The summed E-state index contributed by atoms with van der Waals surface area (Å²) in [5.41, 5.74) is 6.42. The lowest BCUT2D eigenvalue weighted by Gasteiger charge is -2.41. The third-order valence-corrected chi connectivity index (χ3v) is 15.3. The number of para-hydroxylation sites is 1. The van der Waals surface area contributed by atoms with Gasteiger partial charge in [0.15, 0.2) is 0 Å². The molecule has 0 saturated heterocycles. The molecule has 2 nitrogen and oxygen atoms in total. The quantitative estimate of drug-likeness (QED) is 0.0651. The molecule has 0 aromatic heterocycles. The number of fused-ring (bicyclic) bond motifs is 4. The predicted octanol–water partition coefficient (Wildman–Crippen LogP) is 12.3. The number of ether oxygens (including phenoxy) is 2. The molecule has 0 saturated carbocycles. The zero-order chi connectivity index (χ0) is 35.3. The minimum Gasteiger partial charge on any atom is -0.456 e. The lowest BCUT2D eigenvalue weighted by molar-refractivity contribution is 0.386. The van der Waals surface area contributed by atoms with Gasteiger partial charge in [0.1, 0.15) is 23.0 Å². The van der Waals surface area contributed by atoms with Crippen LogP contribution in [-0.4, -0.2) is 12.3 Å². The first kappa shape index (κ1) is 36.6. The van der Waals surface area contributed by atoms with Crippen molar-refractivity contribution in [2.24, 2.45) is 0 Å². The highest BCUT2D eigenvalue weighted by Gasteiger charge is 2.42. The number of hydrogen-bond donors (Lipinski definition) is 0. The molecule has 0 amide bonds. The van der Waals surface area contributed by atoms with Crippen LogP contribution in [0.25, 0.3) is 0 Å². The molecule has 1 unspecified atom stereocenters. The molecule has 0 fully saturated rings. The van der Waals surface area contributed by atoms with Crippen LogP contribution in [0.1, 0.15) is 107 Å². The van der Waals surface area contributed by atoms with Crippen LogP contribution < -0.4 is 30.7 Å². The van der Waals surface area contributed by atoms with Gasteiger partial charge in [0.2, 0.25) is 0 Å². The summed E-state index contributed by atoms with van der Waals surface area (Å²) in [4.78, 5) is 0. The molecule has 0 spiro atoms. The van der Waals surface area contributed by atoms with E-state index in [0.717, 1.165) is 41.7 Å². The first-order valence-corrected chi connectivity index (χ1v) is 22.0. The second-order valence-corrected chi connectivity index (χ2v) is 19.0. The maximum Gasteiger partial charge on any atom is 0.139 e. The van der Waals surface area contributed by atoms with Crippen LogP contribution in [0.5, 0.6) is 23.0 Å². The van der Waals surface area contributed by atoms with Gasteiger partial charge in [-0.1, -0.05) is 139 Å². The normalized spacial score (nSPS) is 16.6. The highest BCUT2D eigenvalue weighted by atomic mass is 31.1. The Morgan fingerprint density at radius 2 is 1.26 bits per heavy atom. The third kappa shape index (κ3) is 7.54. The Morgan fingerprint density at radius 3 is 1.88 bits per heavy atom. The fourth-order valence-corrected chi connectivity index (χ4v) is 12.8. The Bertz CT molecular complexity index is 1810. The van der Waals surface area contributed by atoms with Gasteiger partial charge in [0, 0.05) is 37.8 Å². The number of allylic oxidation sites excluding steroid dienone is 4. The van der Waals surface area contributed by atoms with Crippen LogP contribution in [0.15, 0.2) is 91.0 Å². The van der Waals surface area contributed by atoms with E-state index >= 15 is 0 Å². The van der Waals surface area contributed by atoms with Crippen molar-refractivity contribution in [1.29, 1.82) is 0 Å². The standard InChI is InChI=1S/C46H56O2P2/c1-8-11-14-15-16-17-18-26-46(7)36-20-19-21-40(50-41-30-33(4)22-24-38(41)47-39-25-23-34(5)31-42(39)50)44(36)48-45-37(46)29-35(6)32-43(45)49(27-12-9-2)28-13-10-3/h9-10,12-13,19-25,29-32H,8,11,14-18,26-28H2,1-7H3/b12-9+,13-10+. The molecule has 2 aliphatic heterocycles. The minimum atomic E-state index is -0.918. The fourth-order valence-electron chi connectivity index (χ4n) is 7.72. The van der Waals surface area contributed by atoms with Crippen LogP contribution in [0, 0.1) is 20.8 Å². The molecule has 0 bridgehead atoms. The van der Waals surface area contributed by atoms with Gasteiger partial charge in [-0.25, -0.2) is 0 Å². The van der Waals surface area contributed by atoms with E-state index in [1.165, 1.54) is 94.0 Å². The van der Waals surface area contributed by atoms with Crippen LogP contribution in [-0.2, 0) is 5.41 Å². The summed E-state index contributed by atoms with van der Waals surface area (Å²) in [5, 5.41) is 5.27. The van der Waals surface area contributed by atoms with E-state index in [1.807, 2.05) is 0 Å². The highest BCUT2D eigenvalue weighted by molar-refractivity contribution is 7.80. The average molecular weight is 703 g/mol. The van der Waals surface area contributed by atoms with Gasteiger partial charge < -0.3 is 9.47 Å². The summed E-state index contributed by atoms with van der Waals surface area (Å²) < 4.78 is 14.1. The van der Waals surface area contributed by atoms with Crippen molar-refractivity contribution in [3.8, 4) is 23.0 Å². The van der Waals surface area contributed by atoms with Gasteiger partial charge in [-0.05, 0) is 97.2 Å². The maximum atomic E-state index is 7.49. The van der Waals surface area contributed by atoms with E-state index < -0.39 is 15.8 Å². The van der Waals surface area contributed by atoms with E-state index in [2.05, 4.69) is 140 Å².